The molecular weight excluding hydrogens is 381 g/mol. The number of aromatic nitrogens is 3. The molecular formula is C23H40N3O2P. The van der Waals surface area contributed by atoms with Gasteiger partial charge in [-0.05, 0) is 31.7 Å². The molecule has 0 radical (unpaired) electrons. The molecule has 0 spiro atoms. The summed E-state index contributed by atoms with van der Waals surface area (Å²) < 4.78 is 0. The van der Waals surface area contributed by atoms with E-state index in [-0.39, 0.29) is 5.56 Å². The van der Waals surface area contributed by atoms with Crippen molar-refractivity contribution in [1.82, 2.24) is 15.4 Å². The summed E-state index contributed by atoms with van der Waals surface area (Å²) >= 11 is 0. The molecule has 0 amide bonds. The number of benzene rings is 1. The van der Waals surface area contributed by atoms with E-state index >= 15 is 0 Å². The van der Waals surface area contributed by atoms with E-state index in [1.54, 1.807) is 36.8 Å². The molecule has 0 atom stereocenters. The number of H-pyrrole nitrogens is 1. The number of carbonyl (C=O) groups excluding carboxylic acids is 1. The molecule has 0 saturated carbocycles. The molecule has 1 N–H and O–H groups in total. The summed E-state index contributed by atoms with van der Waals surface area (Å²) in [5.41, 5.74) is 0.912. The SMILES string of the molecule is CCCC[P+](CCCC)(CCCC)CCCC.O=C([O-])c1cccc2n[nH]nc12. The van der Waals surface area contributed by atoms with E-state index in [2.05, 4.69) is 43.1 Å². The Labute approximate surface area is 177 Å². The molecule has 0 aliphatic heterocycles. The number of nitrogens with zero attached hydrogens (tertiary/aromatic N) is 2. The summed E-state index contributed by atoms with van der Waals surface area (Å²) in [6.07, 6.45) is 17.9. The van der Waals surface area contributed by atoms with Crippen LogP contribution in [0.3, 0.4) is 0 Å². The third-order valence-corrected chi connectivity index (χ3v) is 10.6. The summed E-state index contributed by atoms with van der Waals surface area (Å²) in [7, 11) is -0.562. The first-order chi connectivity index (χ1) is 14.0. The van der Waals surface area contributed by atoms with Crippen LogP contribution >= 0.6 is 7.26 Å². The molecule has 29 heavy (non-hydrogen) atoms. The largest absolute Gasteiger partial charge is 0.545 e. The Kier molecular flexibility index (Phi) is 12.8. The number of carbonyl (C=O) groups is 1. The van der Waals surface area contributed by atoms with Crippen LogP contribution in [-0.2, 0) is 0 Å². The number of unbranched alkanes of at least 4 members (excludes halogenated alkanes) is 4. The minimum atomic E-state index is -1.24. The number of hydrogen-bond donors (Lipinski definition) is 1. The van der Waals surface area contributed by atoms with Crippen LogP contribution in [0.4, 0.5) is 0 Å². The predicted molar refractivity (Wildman–Crippen MR) is 124 cm³/mol. The number of nitrogens with one attached hydrogen (secondary N) is 1. The van der Waals surface area contributed by atoms with Gasteiger partial charge in [0.1, 0.15) is 11.0 Å². The molecule has 2 rings (SSSR count). The van der Waals surface area contributed by atoms with Gasteiger partial charge >= 0.3 is 0 Å². The summed E-state index contributed by atoms with van der Waals surface area (Å²) in [4.78, 5) is 10.5. The molecule has 0 saturated heterocycles. The van der Waals surface area contributed by atoms with Crippen LogP contribution in [0.2, 0.25) is 0 Å². The predicted octanol–water partition coefficient (Wildman–Crippen LogP) is 5.53. The van der Waals surface area contributed by atoms with Crippen molar-refractivity contribution in [3.63, 3.8) is 0 Å². The number of fused-ring (bicyclic) bond motifs is 1. The maximum Gasteiger partial charge on any atom is 0.122 e. The van der Waals surface area contributed by atoms with Crippen LogP contribution < -0.4 is 5.11 Å². The monoisotopic (exact) mass is 421 g/mol. The molecule has 1 heterocycles. The fraction of sp³-hybridized carbons (Fsp3) is 0.696. The Morgan fingerprint density at radius 1 is 0.862 bits per heavy atom. The fourth-order valence-electron chi connectivity index (χ4n) is 3.68. The Morgan fingerprint density at radius 2 is 1.34 bits per heavy atom. The molecule has 5 nitrogen and oxygen atoms in total. The highest BCUT2D eigenvalue weighted by molar-refractivity contribution is 7.75. The van der Waals surface area contributed by atoms with Crippen molar-refractivity contribution in [3.8, 4) is 0 Å². The van der Waals surface area contributed by atoms with E-state index in [9.17, 15) is 9.90 Å². The molecule has 0 bridgehead atoms. The second-order valence-corrected chi connectivity index (χ2v) is 12.4. The van der Waals surface area contributed by atoms with Gasteiger partial charge in [-0.3, -0.25) is 0 Å². The normalized spacial score (nSPS) is 11.3. The van der Waals surface area contributed by atoms with Crippen molar-refractivity contribution in [2.24, 2.45) is 0 Å². The Balaban J connectivity index is 0.000000304. The van der Waals surface area contributed by atoms with Crippen molar-refractivity contribution in [2.75, 3.05) is 24.6 Å². The van der Waals surface area contributed by atoms with Gasteiger partial charge in [-0.25, -0.2) is 0 Å². The van der Waals surface area contributed by atoms with Gasteiger partial charge in [-0.2, -0.15) is 15.4 Å². The first kappa shape index (κ1) is 25.6. The van der Waals surface area contributed by atoms with Crippen LogP contribution in [0.1, 0.15) is 89.4 Å². The Morgan fingerprint density at radius 3 is 1.76 bits per heavy atom. The Hall–Kier alpha value is -1.48. The summed E-state index contributed by atoms with van der Waals surface area (Å²) in [5, 5.41) is 20.3. The molecule has 2 aromatic rings. The van der Waals surface area contributed by atoms with Gasteiger partial charge in [-0.1, -0.05) is 65.5 Å². The number of rotatable bonds is 13. The average molecular weight is 422 g/mol. The van der Waals surface area contributed by atoms with E-state index in [0.29, 0.717) is 11.0 Å². The number of para-hydroxylation sites is 1. The van der Waals surface area contributed by atoms with Crippen LogP contribution in [0.15, 0.2) is 18.2 Å². The lowest BCUT2D eigenvalue weighted by Crippen LogP contribution is -2.22. The first-order valence-electron chi connectivity index (χ1n) is 11.4. The maximum absolute atomic E-state index is 10.5. The Bertz CT molecular complexity index is 665. The molecule has 0 aliphatic rings. The lowest BCUT2D eigenvalue weighted by molar-refractivity contribution is -0.254. The molecule has 0 aliphatic carbocycles. The lowest BCUT2D eigenvalue weighted by Gasteiger charge is -2.28. The number of hydrogen-bond acceptors (Lipinski definition) is 4. The van der Waals surface area contributed by atoms with Gasteiger partial charge in [0.2, 0.25) is 0 Å². The van der Waals surface area contributed by atoms with E-state index in [4.69, 9.17) is 0 Å². The van der Waals surface area contributed by atoms with Gasteiger partial charge in [-0.15, -0.1) is 0 Å². The molecule has 0 fully saturated rings. The quantitative estimate of drug-likeness (QED) is 0.431. The topological polar surface area (TPSA) is 81.7 Å². The van der Waals surface area contributed by atoms with Crippen molar-refractivity contribution < 1.29 is 9.90 Å². The third kappa shape index (κ3) is 8.82. The number of carboxylic acid groups (broad SMARTS) is 1. The van der Waals surface area contributed by atoms with Crippen LogP contribution in [0.5, 0.6) is 0 Å². The van der Waals surface area contributed by atoms with Gasteiger partial charge in [0.05, 0.1) is 30.6 Å². The smallest absolute Gasteiger partial charge is 0.122 e. The van der Waals surface area contributed by atoms with Crippen LogP contribution in [0.25, 0.3) is 11.0 Å². The van der Waals surface area contributed by atoms with Gasteiger partial charge in [0.25, 0.3) is 0 Å². The number of aromatic carboxylic acids is 1. The summed E-state index contributed by atoms with van der Waals surface area (Å²) in [6, 6.07) is 4.70. The summed E-state index contributed by atoms with van der Waals surface area (Å²) in [6.45, 7) is 9.42. The standard InChI is InChI=1S/C16H36P.C7H5N3O2/c1-5-9-13-17(14-10-6-2,15-11-7-3)16-12-8-4;11-7(12)4-2-1-3-5-6(4)9-10-8-5/h5-16H2,1-4H3;1-3H,(H,11,12)(H,8,9,10)/q+1;/p-1. The van der Waals surface area contributed by atoms with Gasteiger partial charge in [0.15, 0.2) is 0 Å². The molecule has 1 aromatic heterocycles. The van der Waals surface area contributed by atoms with E-state index < -0.39 is 13.2 Å². The molecule has 0 unspecified atom stereocenters. The zero-order valence-electron chi connectivity index (χ0n) is 18.9. The van der Waals surface area contributed by atoms with E-state index in [1.807, 2.05) is 0 Å². The molecule has 164 valence electrons. The number of aromatic amines is 1. The second kappa shape index (κ2) is 14.5. The minimum absolute atomic E-state index is 0.0567. The third-order valence-electron chi connectivity index (χ3n) is 5.51. The van der Waals surface area contributed by atoms with Gasteiger partial charge < -0.3 is 9.90 Å². The highest BCUT2D eigenvalue weighted by Gasteiger charge is 2.34. The maximum atomic E-state index is 10.5. The zero-order valence-corrected chi connectivity index (χ0v) is 19.8. The van der Waals surface area contributed by atoms with Crippen LogP contribution in [-0.4, -0.2) is 46.0 Å². The highest BCUT2D eigenvalue weighted by atomic mass is 31.2. The van der Waals surface area contributed by atoms with Crippen molar-refractivity contribution in [3.05, 3.63) is 23.8 Å². The van der Waals surface area contributed by atoms with Crippen molar-refractivity contribution >= 4 is 24.3 Å². The number of carboxylic acids is 1. The van der Waals surface area contributed by atoms with E-state index in [1.165, 1.54) is 57.4 Å². The van der Waals surface area contributed by atoms with E-state index in [0.717, 1.165) is 0 Å². The second-order valence-electron chi connectivity index (χ2n) is 7.93. The summed E-state index contributed by atoms with van der Waals surface area (Å²) in [5.74, 6) is -1.24. The lowest BCUT2D eigenvalue weighted by atomic mass is 10.2. The zero-order chi connectivity index (χ0) is 21.5. The molecule has 6 heteroatoms. The van der Waals surface area contributed by atoms with Gasteiger partial charge in [0, 0.05) is 12.8 Å². The fourth-order valence-corrected chi connectivity index (χ4v) is 8.97. The first-order valence-corrected chi connectivity index (χ1v) is 13.9. The minimum Gasteiger partial charge on any atom is -0.545 e. The average Bonchev–Trinajstić information content (AvgIpc) is 3.22. The van der Waals surface area contributed by atoms with Crippen molar-refractivity contribution in [2.45, 2.75) is 79.1 Å². The molecule has 1 aromatic carbocycles. The van der Waals surface area contributed by atoms with Crippen molar-refractivity contribution in [1.29, 1.82) is 0 Å². The highest BCUT2D eigenvalue weighted by Crippen LogP contribution is 2.61. The van der Waals surface area contributed by atoms with Crippen LogP contribution in [0, 0.1) is 0 Å².